The van der Waals surface area contributed by atoms with Crippen molar-refractivity contribution >= 4 is 34.8 Å². The van der Waals surface area contributed by atoms with E-state index in [0.717, 1.165) is 18.2 Å². The van der Waals surface area contributed by atoms with Crippen LogP contribution in [-0.2, 0) is 9.59 Å². The molecule has 0 atom stereocenters. The number of benzene rings is 2. The summed E-state index contributed by atoms with van der Waals surface area (Å²) < 4.78 is 25.7. The molecule has 2 aromatic carbocycles. The van der Waals surface area contributed by atoms with E-state index in [9.17, 15) is 18.4 Å². The predicted octanol–water partition coefficient (Wildman–Crippen LogP) is 3.20. The molecule has 0 saturated heterocycles. The second-order valence-electron chi connectivity index (χ2n) is 4.05. The molecule has 0 bridgehead atoms. The van der Waals surface area contributed by atoms with E-state index < -0.39 is 23.4 Å². The van der Waals surface area contributed by atoms with Crippen LogP contribution in [0.3, 0.4) is 0 Å². The van der Waals surface area contributed by atoms with Crippen molar-refractivity contribution in [3.63, 3.8) is 0 Å². The first-order valence-corrected chi connectivity index (χ1v) is 6.16. The van der Waals surface area contributed by atoms with Crippen LogP contribution in [0.15, 0.2) is 42.5 Å². The zero-order valence-corrected chi connectivity index (χ0v) is 11.2. The third kappa shape index (κ3) is 4.00. The maximum Gasteiger partial charge on any atom is 0.314 e. The highest BCUT2D eigenvalue weighted by Gasteiger charge is 2.15. The number of carbonyl (C=O) groups excluding carboxylic acids is 2. The van der Waals surface area contributed by atoms with Crippen molar-refractivity contribution in [2.45, 2.75) is 0 Å². The van der Waals surface area contributed by atoms with E-state index in [1.54, 1.807) is 18.2 Å². The molecule has 7 heteroatoms. The molecule has 0 aliphatic carbocycles. The molecular weight excluding hydrogens is 302 g/mol. The van der Waals surface area contributed by atoms with Gasteiger partial charge in [0.2, 0.25) is 0 Å². The summed E-state index contributed by atoms with van der Waals surface area (Å²) in [6.07, 6.45) is 0. The maximum absolute atomic E-state index is 13.0. The second kappa shape index (κ2) is 6.32. The average Bonchev–Trinajstić information content (AvgIpc) is 2.43. The Morgan fingerprint density at radius 1 is 0.857 bits per heavy atom. The van der Waals surface area contributed by atoms with E-state index in [1.165, 1.54) is 6.07 Å². The average molecular weight is 311 g/mol. The SMILES string of the molecule is O=C(Nc1cccc(Cl)c1)C(=O)Nc1ccc(F)c(F)c1. The summed E-state index contributed by atoms with van der Waals surface area (Å²) in [7, 11) is 0. The molecule has 0 spiro atoms. The third-order valence-electron chi connectivity index (χ3n) is 2.47. The standard InChI is InChI=1S/C14H9ClF2N2O2/c15-8-2-1-3-9(6-8)18-13(20)14(21)19-10-4-5-11(16)12(17)7-10/h1-7H,(H,18,20)(H,19,21). The molecule has 2 aromatic rings. The molecule has 108 valence electrons. The van der Waals surface area contributed by atoms with Crippen LogP contribution in [0.4, 0.5) is 20.2 Å². The number of hydrogen-bond donors (Lipinski definition) is 2. The van der Waals surface area contributed by atoms with Crippen LogP contribution in [0.5, 0.6) is 0 Å². The molecule has 2 amide bonds. The van der Waals surface area contributed by atoms with Gasteiger partial charge in [0.25, 0.3) is 0 Å². The molecule has 0 aromatic heterocycles. The van der Waals surface area contributed by atoms with Gasteiger partial charge in [0.15, 0.2) is 11.6 Å². The monoisotopic (exact) mass is 310 g/mol. The number of nitrogens with one attached hydrogen (secondary N) is 2. The zero-order chi connectivity index (χ0) is 15.4. The van der Waals surface area contributed by atoms with E-state index in [-0.39, 0.29) is 5.69 Å². The van der Waals surface area contributed by atoms with Crippen molar-refractivity contribution in [2.75, 3.05) is 10.6 Å². The third-order valence-corrected chi connectivity index (χ3v) is 2.70. The van der Waals surface area contributed by atoms with Gasteiger partial charge in [-0.2, -0.15) is 0 Å². The molecular formula is C14H9ClF2N2O2. The van der Waals surface area contributed by atoms with Crippen molar-refractivity contribution in [2.24, 2.45) is 0 Å². The lowest BCUT2D eigenvalue weighted by Gasteiger charge is -2.07. The topological polar surface area (TPSA) is 58.2 Å². The smallest absolute Gasteiger partial charge is 0.314 e. The molecule has 4 nitrogen and oxygen atoms in total. The van der Waals surface area contributed by atoms with E-state index in [0.29, 0.717) is 10.7 Å². The van der Waals surface area contributed by atoms with Crippen LogP contribution < -0.4 is 10.6 Å². The van der Waals surface area contributed by atoms with Gasteiger partial charge in [0.05, 0.1) is 0 Å². The minimum atomic E-state index is -1.12. The van der Waals surface area contributed by atoms with Crippen molar-refractivity contribution in [1.82, 2.24) is 0 Å². The van der Waals surface area contributed by atoms with Crippen LogP contribution in [0.2, 0.25) is 5.02 Å². The number of rotatable bonds is 2. The van der Waals surface area contributed by atoms with Gasteiger partial charge in [-0.3, -0.25) is 9.59 Å². The van der Waals surface area contributed by atoms with Crippen molar-refractivity contribution in [1.29, 1.82) is 0 Å². The van der Waals surface area contributed by atoms with Crippen molar-refractivity contribution in [3.8, 4) is 0 Å². The molecule has 0 aliphatic rings. The first kappa shape index (κ1) is 14.9. The largest absolute Gasteiger partial charge is 0.318 e. The Kier molecular flexibility index (Phi) is 4.49. The van der Waals surface area contributed by atoms with Gasteiger partial charge in [0, 0.05) is 22.5 Å². The quantitative estimate of drug-likeness (QED) is 0.837. The van der Waals surface area contributed by atoms with Gasteiger partial charge in [0.1, 0.15) is 0 Å². The molecule has 2 rings (SSSR count). The Hall–Kier alpha value is -2.47. The van der Waals surface area contributed by atoms with Crippen LogP contribution in [0, 0.1) is 11.6 Å². The Morgan fingerprint density at radius 3 is 2.05 bits per heavy atom. The van der Waals surface area contributed by atoms with Crippen LogP contribution in [0.25, 0.3) is 0 Å². The molecule has 0 aliphatic heterocycles. The summed E-state index contributed by atoms with van der Waals surface area (Å²) in [6.45, 7) is 0. The number of hydrogen-bond acceptors (Lipinski definition) is 2. The predicted molar refractivity (Wildman–Crippen MR) is 75.1 cm³/mol. The normalized spacial score (nSPS) is 10.0. The highest BCUT2D eigenvalue weighted by molar-refractivity contribution is 6.43. The van der Waals surface area contributed by atoms with E-state index in [4.69, 9.17) is 11.6 Å². The molecule has 2 N–H and O–H groups in total. The first-order chi connectivity index (χ1) is 9.95. The van der Waals surface area contributed by atoms with Gasteiger partial charge >= 0.3 is 11.8 Å². The lowest BCUT2D eigenvalue weighted by Crippen LogP contribution is -2.29. The Bertz CT molecular complexity index is 707. The van der Waals surface area contributed by atoms with Gasteiger partial charge in [-0.1, -0.05) is 17.7 Å². The highest BCUT2D eigenvalue weighted by atomic mass is 35.5. The Balaban J connectivity index is 2.02. The molecule has 0 radical (unpaired) electrons. The van der Waals surface area contributed by atoms with Gasteiger partial charge in [-0.25, -0.2) is 8.78 Å². The summed E-state index contributed by atoms with van der Waals surface area (Å²) in [5.74, 6) is -4.14. The fraction of sp³-hybridized carbons (Fsp3) is 0. The molecule has 0 unspecified atom stereocenters. The zero-order valence-electron chi connectivity index (χ0n) is 10.5. The molecule has 0 fully saturated rings. The van der Waals surface area contributed by atoms with E-state index in [1.807, 2.05) is 0 Å². The summed E-state index contributed by atoms with van der Waals surface area (Å²) >= 11 is 5.74. The van der Waals surface area contributed by atoms with Gasteiger partial charge in [-0.15, -0.1) is 0 Å². The highest BCUT2D eigenvalue weighted by Crippen LogP contribution is 2.15. The maximum atomic E-state index is 13.0. The van der Waals surface area contributed by atoms with Crippen LogP contribution in [-0.4, -0.2) is 11.8 Å². The Labute approximate surface area is 123 Å². The van der Waals surface area contributed by atoms with Gasteiger partial charge < -0.3 is 10.6 Å². The summed E-state index contributed by atoms with van der Waals surface area (Å²) in [5.41, 5.74) is 0.313. The second-order valence-corrected chi connectivity index (χ2v) is 4.48. The summed E-state index contributed by atoms with van der Waals surface area (Å²) in [5, 5.41) is 4.88. The van der Waals surface area contributed by atoms with E-state index >= 15 is 0 Å². The molecule has 0 saturated carbocycles. The van der Waals surface area contributed by atoms with E-state index in [2.05, 4.69) is 10.6 Å². The number of halogens is 3. The lowest BCUT2D eigenvalue weighted by molar-refractivity contribution is -0.133. The summed E-state index contributed by atoms with van der Waals surface area (Å²) in [4.78, 5) is 23.3. The molecule has 21 heavy (non-hydrogen) atoms. The fourth-order valence-electron chi connectivity index (χ4n) is 1.52. The van der Waals surface area contributed by atoms with Crippen molar-refractivity contribution in [3.05, 3.63) is 59.1 Å². The Morgan fingerprint density at radius 2 is 1.48 bits per heavy atom. The van der Waals surface area contributed by atoms with Crippen molar-refractivity contribution < 1.29 is 18.4 Å². The number of carbonyl (C=O) groups is 2. The number of amides is 2. The first-order valence-electron chi connectivity index (χ1n) is 5.78. The summed E-state index contributed by atoms with van der Waals surface area (Å²) in [6, 6.07) is 8.99. The fourth-order valence-corrected chi connectivity index (χ4v) is 1.71. The minimum Gasteiger partial charge on any atom is -0.318 e. The lowest BCUT2D eigenvalue weighted by atomic mass is 10.3. The van der Waals surface area contributed by atoms with Gasteiger partial charge in [-0.05, 0) is 30.3 Å². The van der Waals surface area contributed by atoms with Crippen LogP contribution in [0.1, 0.15) is 0 Å². The minimum absolute atomic E-state index is 0.0276. The molecule has 0 heterocycles. The number of anilines is 2. The van der Waals surface area contributed by atoms with Crippen LogP contribution >= 0.6 is 11.6 Å².